The summed E-state index contributed by atoms with van der Waals surface area (Å²) >= 11 is 0. The molecule has 7 heteroatoms. The van der Waals surface area contributed by atoms with Gasteiger partial charge in [0, 0.05) is 29.6 Å². The summed E-state index contributed by atoms with van der Waals surface area (Å²) in [6, 6.07) is 7.99. The molecule has 120 valence electrons. The number of benzene rings is 1. The molecule has 0 radical (unpaired) electrons. The fourth-order valence-corrected chi connectivity index (χ4v) is 2.63. The van der Waals surface area contributed by atoms with Gasteiger partial charge < -0.3 is 4.52 Å². The Hall–Kier alpha value is -3.09. The zero-order chi connectivity index (χ0) is 16.7. The average molecular weight is 320 g/mol. The number of hydrogen-bond acceptors (Lipinski definition) is 6. The lowest BCUT2D eigenvalue weighted by molar-refractivity contribution is 0.432. The molecule has 0 saturated heterocycles. The first-order valence-corrected chi connectivity index (χ1v) is 7.73. The van der Waals surface area contributed by atoms with Crippen molar-refractivity contribution in [1.82, 2.24) is 30.1 Å². The van der Waals surface area contributed by atoms with Crippen LogP contribution in [0.3, 0.4) is 0 Å². The molecule has 24 heavy (non-hydrogen) atoms. The highest BCUT2D eigenvalue weighted by Crippen LogP contribution is 2.26. The molecule has 0 aliphatic heterocycles. The van der Waals surface area contributed by atoms with Gasteiger partial charge >= 0.3 is 0 Å². The number of pyridine rings is 1. The smallest absolute Gasteiger partial charge is 0.258 e. The summed E-state index contributed by atoms with van der Waals surface area (Å²) in [4.78, 5) is 8.58. The first kappa shape index (κ1) is 14.5. The number of fused-ring (bicyclic) bond motifs is 1. The highest BCUT2D eigenvalue weighted by atomic mass is 16.5. The maximum Gasteiger partial charge on any atom is 0.258 e. The van der Waals surface area contributed by atoms with Crippen LogP contribution in [-0.2, 0) is 0 Å². The third-order valence-electron chi connectivity index (χ3n) is 3.90. The van der Waals surface area contributed by atoms with Crippen molar-refractivity contribution in [3.8, 4) is 22.8 Å². The standard InChI is InChI=1S/C17H16N6O/c1-10(2)23-15-5-4-12(8-14(15)20-22-23)16-19-17(24-21-16)13-6-7-18-9-11(13)3/h4-10H,1-3H3. The normalized spacial score (nSPS) is 11.5. The van der Waals surface area contributed by atoms with Crippen molar-refractivity contribution in [3.63, 3.8) is 0 Å². The van der Waals surface area contributed by atoms with Crippen molar-refractivity contribution in [2.45, 2.75) is 26.8 Å². The van der Waals surface area contributed by atoms with Crippen molar-refractivity contribution in [2.24, 2.45) is 0 Å². The van der Waals surface area contributed by atoms with Crippen LogP contribution in [0.15, 0.2) is 41.2 Å². The van der Waals surface area contributed by atoms with Crippen LogP contribution in [0.4, 0.5) is 0 Å². The fraction of sp³-hybridized carbons (Fsp3) is 0.235. The van der Waals surface area contributed by atoms with E-state index in [1.54, 1.807) is 12.4 Å². The molecule has 7 nitrogen and oxygen atoms in total. The van der Waals surface area contributed by atoms with Gasteiger partial charge in [0.25, 0.3) is 5.89 Å². The van der Waals surface area contributed by atoms with Crippen LogP contribution in [0.25, 0.3) is 33.9 Å². The second kappa shape index (κ2) is 5.52. The van der Waals surface area contributed by atoms with E-state index in [1.165, 1.54) is 0 Å². The molecule has 4 rings (SSSR count). The van der Waals surface area contributed by atoms with Gasteiger partial charge in [0.2, 0.25) is 5.82 Å². The molecule has 1 aromatic carbocycles. The van der Waals surface area contributed by atoms with Gasteiger partial charge in [-0.25, -0.2) is 4.68 Å². The number of rotatable bonds is 3. The number of aryl methyl sites for hydroxylation is 1. The molecule has 0 aliphatic carbocycles. The Labute approximate surface area is 138 Å². The zero-order valence-electron chi connectivity index (χ0n) is 13.6. The predicted octanol–water partition coefficient (Wildman–Crippen LogP) is 3.43. The lowest BCUT2D eigenvalue weighted by Crippen LogP contribution is -2.02. The van der Waals surface area contributed by atoms with E-state index >= 15 is 0 Å². The van der Waals surface area contributed by atoms with Crippen LogP contribution < -0.4 is 0 Å². The minimum atomic E-state index is 0.257. The second-order valence-electron chi connectivity index (χ2n) is 5.94. The molecule has 0 spiro atoms. The van der Waals surface area contributed by atoms with E-state index in [1.807, 2.05) is 35.9 Å². The molecule has 0 bridgehead atoms. The van der Waals surface area contributed by atoms with E-state index in [0.717, 1.165) is 27.7 Å². The summed E-state index contributed by atoms with van der Waals surface area (Å²) in [5.41, 5.74) is 4.52. The predicted molar refractivity (Wildman–Crippen MR) is 89.2 cm³/mol. The summed E-state index contributed by atoms with van der Waals surface area (Å²) < 4.78 is 7.30. The van der Waals surface area contributed by atoms with Crippen LogP contribution in [0.1, 0.15) is 25.5 Å². The quantitative estimate of drug-likeness (QED) is 0.575. The molecule has 0 aliphatic rings. The summed E-state index contributed by atoms with van der Waals surface area (Å²) in [5.74, 6) is 1.01. The molecule has 0 amide bonds. The van der Waals surface area contributed by atoms with Crippen LogP contribution in [0.5, 0.6) is 0 Å². The molecule has 3 heterocycles. The largest absolute Gasteiger partial charge is 0.334 e. The molecule has 0 fully saturated rings. The van der Waals surface area contributed by atoms with Gasteiger partial charge in [0.1, 0.15) is 5.52 Å². The van der Waals surface area contributed by atoms with Gasteiger partial charge in [-0.05, 0) is 50.6 Å². The van der Waals surface area contributed by atoms with Gasteiger partial charge in [0.05, 0.1) is 5.52 Å². The van der Waals surface area contributed by atoms with E-state index < -0.39 is 0 Å². The Balaban J connectivity index is 1.75. The van der Waals surface area contributed by atoms with Crippen LogP contribution in [0, 0.1) is 6.92 Å². The molecule has 0 atom stereocenters. The molecule has 0 unspecified atom stereocenters. The Morgan fingerprint density at radius 1 is 1.17 bits per heavy atom. The molecule has 0 saturated carbocycles. The number of aromatic nitrogens is 6. The summed E-state index contributed by atoms with van der Waals surface area (Å²) in [7, 11) is 0. The second-order valence-corrected chi connectivity index (χ2v) is 5.94. The fourth-order valence-electron chi connectivity index (χ4n) is 2.63. The van der Waals surface area contributed by atoms with Gasteiger partial charge in [-0.15, -0.1) is 5.10 Å². The SMILES string of the molecule is Cc1cnccc1-c1nc(-c2ccc3c(c2)nnn3C(C)C)no1. The first-order valence-electron chi connectivity index (χ1n) is 7.73. The van der Waals surface area contributed by atoms with Gasteiger partial charge in [-0.1, -0.05) is 10.4 Å². The Morgan fingerprint density at radius 3 is 2.83 bits per heavy atom. The third-order valence-corrected chi connectivity index (χ3v) is 3.90. The first-order chi connectivity index (χ1) is 11.6. The maximum absolute atomic E-state index is 5.41. The lowest BCUT2D eigenvalue weighted by atomic mass is 10.1. The van der Waals surface area contributed by atoms with Crippen molar-refractivity contribution >= 4 is 11.0 Å². The Morgan fingerprint density at radius 2 is 2.04 bits per heavy atom. The Kier molecular flexibility index (Phi) is 3.34. The van der Waals surface area contributed by atoms with Crippen LogP contribution >= 0.6 is 0 Å². The van der Waals surface area contributed by atoms with Gasteiger partial charge in [-0.3, -0.25) is 4.98 Å². The molecule has 3 aromatic heterocycles. The molecular formula is C17H16N6O. The van der Waals surface area contributed by atoms with Crippen molar-refractivity contribution in [2.75, 3.05) is 0 Å². The van der Waals surface area contributed by atoms with E-state index in [9.17, 15) is 0 Å². The molecule has 0 N–H and O–H groups in total. The van der Waals surface area contributed by atoms with E-state index in [-0.39, 0.29) is 6.04 Å². The summed E-state index contributed by atoms with van der Waals surface area (Å²) in [6.45, 7) is 6.11. The average Bonchev–Trinajstić information content (AvgIpc) is 3.21. The minimum absolute atomic E-state index is 0.257. The topological polar surface area (TPSA) is 82.5 Å². The molecule has 4 aromatic rings. The van der Waals surface area contributed by atoms with Crippen molar-refractivity contribution < 1.29 is 4.52 Å². The van der Waals surface area contributed by atoms with Crippen LogP contribution in [-0.4, -0.2) is 30.1 Å². The van der Waals surface area contributed by atoms with E-state index in [0.29, 0.717) is 11.7 Å². The monoisotopic (exact) mass is 320 g/mol. The van der Waals surface area contributed by atoms with Crippen LogP contribution in [0.2, 0.25) is 0 Å². The van der Waals surface area contributed by atoms with E-state index in [2.05, 4.69) is 39.3 Å². The zero-order valence-corrected chi connectivity index (χ0v) is 13.6. The number of hydrogen-bond donors (Lipinski definition) is 0. The minimum Gasteiger partial charge on any atom is -0.334 e. The van der Waals surface area contributed by atoms with Crippen molar-refractivity contribution in [1.29, 1.82) is 0 Å². The van der Waals surface area contributed by atoms with Gasteiger partial charge in [0.15, 0.2) is 0 Å². The number of nitrogens with zero attached hydrogens (tertiary/aromatic N) is 6. The van der Waals surface area contributed by atoms with Crippen molar-refractivity contribution in [3.05, 3.63) is 42.2 Å². The lowest BCUT2D eigenvalue weighted by Gasteiger charge is -2.04. The summed E-state index contributed by atoms with van der Waals surface area (Å²) in [6.07, 6.45) is 3.48. The maximum atomic E-state index is 5.41. The van der Waals surface area contributed by atoms with E-state index in [4.69, 9.17) is 4.52 Å². The van der Waals surface area contributed by atoms with Gasteiger partial charge in [-0.2, -0.15) is 4.98 Å². The highest BCUT2D eigenvalue weighted by molar-refractivity contribution is 5.80. The highest BCUT2D eigenvalue weighted by Gasteiger charge is 2.14. The molecular weight excluding hydrogens is 304 g/mol. The Bertz CT molecular complexity index is 1020. The summed E-state index contributed by atoms with van der Waals surface area (Å²) in [5, 5.41) is 12.5. The third kappa shape index (κ3) is 2.34.